The van der Waals surface area contributed by atoms with Gasteiger partial charge >= 0.3 is 0 Å². The first-order chi connectivity index (χ1) is 9.53. The maximum Gasteiger partial charge on any atom is 0.138 e. The molecule has 2 aromatic rings. The van der Waals surface area contributed by atoms with Gasteiger partial charge in [-0.25, -0.2) is 9.97 Å². The van der Waals surface area contributed by atoms with Crippen LogP contribution in [0.2, 0.25) is 0 Å². The highest BCUT2D eigenvalue weighted by Gasteiger charge is 2.09. The van der Waals surface area contributed by atoms with Crippen LogP contribution in [0.25, 0.3) is 0 Å². The van der Waals surface area contributed by atoms with Crippen LogP contribution in [0.1, 0.15) is 32.3 Å². The van der Waals surface area contributed by atoms with Crippen molar-refractivity contribution < 1.29 is 0 Å². The van der Waals surface area contributed by atoms with Crippen molar-refractivity contribution >= 4 is 11.8 Å². The molecule has 0 fully saturated rings. The normalized spacial score (nSPS) is 11.6. The summed E-state index contributed by atoms with van der Waals surface area (Å²) in [6.45, 7) is 7.23. The molecule has 1 aromatic heterocycles. The Balaban J connectivity index is 1.92. The first-order valence-electron chi connectivity index (χ1n) is 6.77. The number of rotatable bonds is 5. The molecular weight excluding hydrogens is 266 g/mol. The van der Waals surface area contributed by atoms with Gasteiger partial charge in [0.05, 0.1) is 11.4 Å². The van der Waals surface area contributed by atoms with Gasteiger partial charge in [-0.1, -0.05) is 18.2 Å². The van der Waals surface area contributed by atoms with Crippen LogP contribution in [0.4, 0.5) is 0 Å². The molecule has 2 rings (SSSR count). The predicted molar refractivity (Wildman–Crippen MR) is 84.6 cm³/mol. The van der Waals surface area contributed by atoms with Crippen LogP contribution >= 0.6 is 11.8 Å². The Hall–Kier alpha value is -1.39. The average molecular weight is 287 g/mol. The molecule has 0 unspecified atom stereocenters. The third-order valence-electron chi connectivity index (χ3n) is 2.67. The van der Waals surface area contributed by atoms with Crippen LogP contribution in [-0.4, -0.2) is 15.5 Å². The second kappa shape index (κ2) is 6.86. The lowest BCUT2D eigenvalue weighted by molar-refractivity contribution is 0.421. The molecule has 1 heterocycles. The largest absolute Gasteiger partial charge is 0.306 e. The molecule has 0 bridgehead atoms. The van der Waals surface area contributed by atoms with Gasteiger partial charge < -0.3 is 5.32 Å². The fourth-order valence-corrected chi connectivity index (χ4v) is 2.41. The van der Waals surface area contributed by atoms with Crippen LogP contribution in [0, 0.1) is 0 Å². The Labute approximate surface area is 125 Å². The van der Waals surface area contributed by atoms with E-state index in [-0.39, 0.29) is 5.54 Å². The van der Waals surface area contributed by atoms with Gasteiger partial charge in [0.15, 0.2) is 0 Å². The van der Waals surface area contributed by atoms with Crippen LogP contribution in [0.3, 0.4) is 0 Å². The summed E-state index contributed by atoms with van der Waals surface area (Å²) in [5, 5.41) is 3.44. The maximum atomic E-state index is 4.60. The fraction of sp³-hybridized carbons (Fsp3) is 0.375. The standard InChI is InChI=1S/C16H21N3S/c1-16(2,3)18-11-13-9-10-17-15(19-13)12-20-14-7-5-4-6-8-14/h4-10,18H,11-12H2,1-3H3. The molecule has 0 aliphatic carbocycles. The van der Waals surface area contributed by atoms with E-state index in [0.29, 0.717) is 0 Å². The molecule has 106 valence electrons. The Kier molecular flexibility index (Phi) is 5.15. The Bertz CT molecular complexity index is 535. The predicted octanol–water partition coefficient (Wildman–Crippen LogP) is 3.66. The topological polar surface area (TPSA) is 37.8 Å². The Morgan fingerprint density at radius 2 is 1.85 bits per heavy atom. The van der Waals surface area contributed by atoms with Crippen LogP contribution in [-0.2, 0) is 12.3 Å². The molecule has 3 nitrogen and oxygen atoms in total. The summed E-state index contributed by atoms with van der Waals surface area (Å²) in [6.07, 6.45) is 1.84. The summed E-state index contributed by atoms with van der Waals surface area (Å²) in [5.74, 6) is 1.68. The van der Waals surface area contributed by atoms with Crippen molar-refractivity contribution in [3.05, 3.63) is 54.1 Å². The van der Waals surface area contributed by atoms with Crippen LogP contribution < -0.4 is 5.32 Å². The molecule has 0 atom stereocenters. The number of benzene rings is 1. The van der Waals surface area contributed by atoms with E-state index in [4.69, 9.17) is 0 Å². The van der Waals surface area contributed by atoms with Crippen LogP contribution in [0.15, 0.2) is 47.5 Å². The number of hydrogen-bond acceptors (Lipinski definition) is 4. The zero-order valence-corrected chi connectivity index (χ0v) is 13.1. The first kappa shape index (κ1) is 15.0. The Morgan fingerprint density at radius 1 is 1.10 bits per heavy atom. The lowest BCUT2D eigenvalue weighted by atomic mass is 10.1. The molecule has 0 saturated heterocycles. The molecule has 0 aliphatic rings. The molecule has 1 N–H and O–H groups in total. The van der Waals surface area contributed by atoms with Crippen molar-refractivity contribution in [3.63, 3.8) is 0 Å². The molecule has 0 aliphatic heterocycles. The van der Waals surface area contributed by atoms with Crippen molar-refractivity contribution in [3.8, 4) is 0 Å². The van der Waals surface area contributed by atoms with Crippen LogP contribution in [0.5, 0.6) is 0 Å². The molecule has 0 amide bonds. The highest BCUT2D eigenvalue weighted by molar-refractivity contribution is 7.98. The van der Waals surface area contributed by atoms with Crippen molar-refractivity contribution in [1.29, 1.82) is 0 Å². The average Bonchev–Trinajstić information content (AvgIpc) is 2.44. The molecule has 0 saturated carbocycles. The zero-order valence-electron chi connectivity index (χ0n) is 12.3. The van der Waals surface area contributed by atoms with Gasteiger partial charge in [-0.15, -0.1) is 11.8 Å². The summed E-state index contributed by atoms with van der Waals surface area (Å²) in [7, 11) is 0. The minimum absolute atomic E-state index is 0.101. The number of hydrogen-bond donors (Lipinski definition) is 1. The number of nitrogens with zero attached hydrogens (tertiary/aromatic N) is 2. The third kappa shape index (κ3) is 5.31. The molecule has 4 heteroatoms. The molecule has 1 aromatic carbocycles. The van der Waals surface area contributed by atoms with Crippen molar-refractivity contribution in [2.45, 2.75) is 43.5 Å². The lowest BCUT2D eigenvalue weighted by Gasteiger charge is -2.20. The zero-order chi connectivity index (χ0) is 14.4. The van der Waals surface area contributed by atoms with E-state index < -0.39 is 0 Å². The number of aromatic nitrogens is 2. The summed E-state index contributed by atoms with van der Waals surface area (Å²) in [5.41, 5.74) is 1.14. The highest BCUT2D eigenvalue weighted by atomic mass is 32.2. The summed E-state index contributed by atoms with van der Waals surface area (Å²) in [6, 6.07) is 12.3. The van der Waals surface area contributed by atoms with E-state index in [1.54, 1.807) is 11.8 Å². The first-order valence-corrected chi connectivity index (χ1v) is 7.75. The van der Waals surface area contributed by atoms with Gasteiger partial charge in [-0.2, -0.15) is 0 Å². The van der Waals surface area contributed by atoms with Gasteiger partial charge in [0.2, 0.25) is 0 Å². The maximum absolute atomic E-state index is 4.60. The highest BCUT2D eigenvalue weighted by Crippen LogP contribution is 2.20. The lowest BCUT2D eigenvalue weighted by Crippen LogP contribution is -2.35. The summed E-state index contributed by atoms with van der Waals surface area (Å²) >= 11 is 1.76. The van der Waals surface area contributed by atoms with E-state index in [1.807, 2.05) is 30.5 Å². The molecule has 0 radical (unpaired) electrons. The van der Waals surface area contributed by atoms with Gasteiger partial charge in [0.1, 0.15) is 5.82 Å². The Morgan fingerprint density at radius 3 is 2.55 bits per heavy atom. The molecule has 0 spiro atoms. The number of thioether (sulfide) groups is 1. The summed E-state index contributed by atoms with van der Waals surface area (Å²) < 4.78 is 0. The minimum atomic E-state index is 0.101. The van der Waals surface area contributed by atoms with E-state index in [1.165, 1.54) is 4.90 Å². The summed E-state index contributed by atoms with van der Waals surface area (Å²) in [4.78, 5) is 10.2. The quantitative estimate of drug-likeness (QED) is 0.852. The molecular formula is C16H21N3S. The van der Waals surface area contributed by atoms with Gasteiger partial charge in [0, 0.05) is 23.2 Å². The SMILES string of the molecule is CC(C)(C)NCc1ccnc(CSc2ccccc2)n1. The third-order valence-corrected chi connectivity index (χ3v) is 3.68. The van der Waals surface area contributed by atoms with Crippen molar-refractivity contribution in [2.24, 2.45) is 0 Å². The van der Waals surface area contributed by atoms with E-state index in [0.717, 1.165) is 23.8 Å². The van der Waals surface area contributed by atoms with Crippen molar-refractivity contribution in [1.82, 2.24) is 15.3 Å². The van der Waals surface area contributed by atoms with Gasteiger partial charge in [0.25, 0.3) is 0 Å². The molecule has 20 heavy (non-hydrogen) atoms. The van der Waals surface area contributed by atoms with Gasteiger partial charge in [-0.3, -0.25) is 0 Å². The van der Waals surface area contributed by atoms with E-state index in [2.05, 4.69) is 48.2 Å². The number of nitrogens with one attached hydrogen (secondary N) is 1. The van der Waals surface area contributed by atoms with E-state index >= 15 is 0 Å². The minimum Gasteiger partial charge on any atom is -0.306 e. The fourth-order valence-electron chi connectivity index (χ4n) is 1.63. The second-order valence-electron chi connectivity index (χ2n) is 5.67. The second-order valence-corrected chi connectivity index (χ2v) is 6.72. The van der Waals surface area contributed by atoms with Crippen molar-refractivity contribution in [2.75, 3.05) is 0 Å². The smallest absolute Gasteiger partial charge is 0.138 e. The van der Waals surface area contributed by atoms with Gasteiger partial charge in [-0.05, 0) is 39.0 Å². The monoisotopic (exact) mass is 287 g/mol. The van der Waals surface area contributed by atoms with E-state index in [9.17, 15) is 0 Å².